The molecule has 3 rings (SSSR count). The van der Waals surface area contributed by atoms with Crippen molar-refractivity contribution in [3.05, 3.63) is 12.7 Å². The van der Waals surface area contributed by atoms with Gasteiger partial charge in [0, 0.05) is 45.3 Å². The average Bonchev–Trinajstić information content (AvgIpc) is 3.42. The fraction of sp³-hybridized carbons (Fsp3) is 0.826. The van der Waals surface area contributed by atoms with Crippen molar-refractivity contribution in [2.24, 2.45) is 10.9 Å². The minimum absolute atomic E-state index is 0.156. The molecule has 2 fully saturated rings. The Morgan fingerprint density at radius 1 is 1.16 bits per heavy atom. The van der Waals surface area contributed by atoms with E-state index >= 15 is 0 Å². The number of amides is 1. The van der Waals surface area contributed by atoms with Crippen LogP contribution in [0.3, 0.4) is 0 Å². The number of nitrogens with one attached hydrogen (secondary N) is 1. The largest absolute Gasteiger partial charge is 0.444 e. The summed E-state index contributed by atoms with van der Waals surface area (Å²) < 4.78 is 7.72. The molecule has 180 valence electrons. The third-order valence-corrected chi connectivity index (χ3v) is 5.87. The SMILES string of the molecule is CCNC(=NCCCCn1cnnc1)N1CCC(N(CC2CC2)C(=O)OC(C)(C)C)CC1. The third-order valence-electron chi connectivity index (χ3n) is 5.87. The smallest absolute Gasteiger partial charge is 0.410 e. The second-order valence-corrected chi connectivity index (χ2v) is 9.94. The summed E-state index contributed by atoms with van der Waals surface area (Å²) in [6.07, 6.45) is 9.78. The molecule has 1 saturated heterocycles. The lowest BCUT2D eigenvalue weighted by molar-refractivity contribution is 0.00928. The van der Waals surface area contributed by atoms with Gasteiger partial charge in [0.15, 0.2) is 5.96 Å². The number of unbranched alkanes of at least 4 members (excludes halogenated alkanes) is 1. The minimum atomic E-state index is -0.459. The highest BCUT2D eigenvalue weighted by molar-refractivity contribution is 5.80. The fourth-order valence-corrected chi connectivity index (χ4v) is 4.02. The van der Waals surface area contributed by atoms with Crippen LogP contribution in [0.2, 0.25) is 0 Å². The number of carbonyl (C=O) groups excluding carboxylic acids is 1. The number of aliphatic imine (C=N–C) groups is 1. The molecule has 0 bridgehead atoms. The van der Waals surface area contributed by atoms with Gasteiger partial charge in [0.05, 0.1) is 0 Å². The van der Waals surface area contributed by atoms with Crippen LogP contribution in [0.4, 0.5) is 4.79 Å². The molecule has 0 radical (unpaired) electrons. The molecular weight excluding hydrogens is 406 g/mol. The van der Waals surface area contributed by atoms with Gasteiger partial charge in [0.25, 0.3) is 0 Å². The lowest BCUT2D eigenvalue weighted by atomic mass is 10.0. The monoisotopic (exact) mass is 447 g/mol. The lowest BCUT2D eigenvalue weighted by Crippen LogP contribution is -2.52. The van der Waals surface area contributed by atoms with Gasteiger partial charge in [-0.3, -0.25) is 4.99 Å². The highest BCUT2D eigenvalue weighted by Crippen LogP contribution is 2.32. The standard InChI is InChI=1S/C23H41N7O2/c1-5-24-21(25-12-6-7-13-28-17-26-27-18-28)29-14-10-20(11-15-29)30(16-19-8-9-19)22(31)32-23(2,3)4/h17-20H,5-16H2,1-4H3,(H,24,25). The number of hydrogen-bond acceptors (Lipinski definition) is 5. The molecule has 0 atom stereocenters. The normalized spacial score (nSPS) is 18.0. The summed E-state index contributed by atoms with van der Waals surface area (Å²) in [7, 11) is 0. The summed E-state index contributed by atoms with van der Waals surface area (Å²) in [6.45, 7) is 13.1. The van der Waals surface area contributed by atoms with Crippen LogP contribution in [0, 0.1) is 5.92 Å². The maximum Gasteiger partial charge on any atom is 0.410 e. The second-order valence-electron chi connectivity index (χ2n) is 9.94. The Bertz CT molecular complexity index is 717. The Hall–Kier alpha value is -2.32. The second kappa shape index (κ2) is 11.5. The number of hydrogen-bond donors (Lipinski definition) is 1. The van der Waals surface area contributed by atoms with Crippen molar-refractivity contribution in [3.8, 4) is 0 Å². The number of guanidine groups is 1. The van der Waals surface area contributed by atoms with Gasteiger partial charge in [-0.15, -0.1) is 10.2 Å². The van der Waals surface area contributed by atoms with Gasteiger partial charge >= 0.3 is 6.09 Å². The molecule has 32 heavy (non-hydrogen) atoms. The molecule has 9 nitrogen and oxygen atoms in total. The molecule has 1 saturated carbocycles. The predicted octanol–water partition coefficient (Wildman–Crippen LogP) is 3.14. The molecule has 1 aliphatic heterocycles. The quantitative estimate of drug-likeness (QED) is 0.355. The van der Waals surface area contributed by atoms with Crippen molar-refractivity contribution < 1.29 is 9.53 Å². The minimum Gasteiger partial charge on any atom is -0.444 e. The first-order chi connectivity index (χ1) is 15.4. The summed E-state index contributed by atoms with van der Waals surface area (Å²) in [4.78, 5) is 22.1. The molecule has 1 amide bonds. The van der Waals surface area contributed by atoms with Gasteiger partial charge in [-0.1, -0.05) is 0 Å². The molecule has 1 N–H and O–H groups in total. The van der Waals surface area contributed by atoms with Crippen LogP contribution in [0.1, 0.15) is 66.2 Å². The Labute approximate surface area is 192 Å². The van der Waals surface area contributed by atoms with Gasteiger partial charge in [-0.05, 0) is 72.1 Å². The van der Waals surface area contributed by atoms with Crippen molar-refractivity contribution in [2.45, 2.75) is 84.4 Å². The molecule has 2 aliphatic rings. The molecule has 1 aromatic rings. The number of nitrogens with zero attached hydrogens (tertiary/aromatic N) is 6. The van der Waals surface area contributed by atoms with E-state index in [9.17, 15) is 4.79 Å². The Balaban J connectivity index is 1.49. The maximum atomic E-state index is 12.9. The van der Waals surface area contributed by atoms with E-state index in [4.69, 9.17) is 9.73 Å². The average molecular weight is 448 g/mol. The summed E-state index contributed by atoms with van der Waals surface area (Å²) in [5.41, 5.74) is -0.459. The number of carbonyl (C=O) groups is 1. The van der Waals surface area contributed by atoms with E-state index in [-0.39, 0.29) is 12.1 Å². The first-order valence-electron chi connectivity index (χ1n) is 12.2. The van der Waals surface area contributed by atoms with E-state index in [1.165, 1.54) is 12.8 Å². The number of aromatic nitrogens is 3. The molecule has 1 aromatic heterocycles. The van der Waals surface area contributed by atoms with E-state index in [2.05, 4.69) is 27.3 Å². The summed E-state index contributed by atoms with van der Waals surface area (Å²) in [5, 5.41) is 11.1. The molecule has 9 heteroatoms. The number of piperidine rings is 1. The van der Waals surface area contributed by atoms with Crippen molar-refractivity contribution in [3.63, 3.8) is 0 Å². The first kappa shape index (κ1) is 24.3. The predicted molar refractivity (Wildman–Crippen MR) is 125 cm³/mol. The van der Waals surface area contributed by atoms with Crippen LogP contribution < -0.4 is 5.32 Å². The number of likely N-dealkylation sites (tertiary alicyclic amines) is 1. The van der Waals surface area contributed by atoms with Crippen LogP contribution in [-0.4, -0.2) is 81.0 Å². The van der Waals surface area contributed by atoms with Gasteiger partial charge in [-0.25, -0.2) is 4.79 Å². The summed E-state index contributed by atoms with van der Waals surface area (Å²) in [5.74, 6) is 1.64. The Morgan fingerprint density at radius 3 is 2.44 bits per heavy atom. The van der Waals surface area contributed by atoms with Crippen molar-refractivity contribution in [2.75, 3.05) is 32.7 Å². The van der Waals surface area contributed by atoms with Gasteiger partial charge in [0.2, 0.25) is 0 Å². The van der Waals surface area contributed by atoms with E-state index in [0.29, 0.717) is 5.92 Å². The fourth-order valence-electron chi connectivity index (χ4n) is 4.02. The number of ether oxygens (including phenoxy) is 1. The zero-order valence-corrected chi connectivity index (χ0v) is 20.3. The Kier molecular flexibility index (Phi) is 8.75. The van der Waals surface area contributed by atoms with E-state index in [1.54, 1.807) is 12.7 Å². The molecule has 0 spiro atoms. The van der Waals surface area contributed by atoms with Crippen LogP contribution >= 0.6 is 0 Å². The summed E-state index contributed by atoms with van der Waals surface area (Å²) >= 11 is 0. The van der Waals surface area contributed by atoms with Gasteiger partial charge in [-0.2, -0.15) is 0 Å². The van der Waals surface area contributed by atoms with Crippen molar-refractivity contribution >= 4 is 12.1 Å². The van der Waals surface area contributed by atoms with Crippen LogP contribution in [-0.2, 0) is 11.3 Å². The van der Waals surface area contributed by atoms with Crippen LogP contribution in [0.25, 0.3) is 0 Å². The van der Waals surface area contributed by atoms with Gasteiger partial charge < -0.3 is 24.4 Å². The molecule has 1 aliphatic carbocycles. The number of aryl methyl sites for hydroxylation is 1. The molecular formula is C23H41N7O2. The maximum absolute atomic E-state index is 12.9. The molecule has 0 aromatic carbocycles. The van der Waals surface area contributed by atoms with Crippen molar-refractivity contribution in [1.82, 2.24) is 29.9 Å². The van der Waals surface area contributed by atoms with Gasteiger partial charge in [0.1, 0.15) is 18.3 Å². The van der Waals surface area contributed by atoms with E-state index in [1.807, 2.05) is 30.2 Å². The van der Waals surface area contributed by atoms with E-state index < -0.39 is 5.60 Å². The lowest BCUT2D eigenvalue weighted by Gasteiger charge is -2.40. The zero-order chi connectivity index (χ0) is 23.0. The topological polar surface area (TPSA) is 87.9 Å². The molecule has 2 heterocycles. The summed E-state index contributed by atoms with van der Waals surface area (Å²) in [6, 6.07) is 0.244. The van der Waals surface area contributed by atoms with Crippen molar-refractivity contribution in [1.29, 1.82) is 0 Å². The number of rotatable bonds is 9. The third kappa shape index (κ3) is 7.98. The van der Waals surface area contributed by atoms with Crippen LogP contribution in [0.5, 0.6) is 0 Å². The zero-order valence-electron chi connectivity index (χ0n) is 20.3. The Morgan fingerprint density at radius 2 is 1.84 bits per heavy atom. The van der Waals surface area contributed by atoms with Crippen LogP contribution in [0.15, 0.2) is 17.6 Å². The molecule has 0 unspecified atom stereocenters. The van der Waals surface area contributed by atoms with E-state index in [0.717, 1.165) is 70.9 Å². The first-order valence-corrected chi connectivity index (χ1v) is 12.2. The highest BCUT2D eigenvalue weighted by Gasteiger charge is 2.35. The highest BCUT2D eigenvalue weighted by atomic mass is 16.6.